The van der Waals surface area contributed by atoms with E-state index in [1.54, 1.807) is 12.1 Å². The Morgan fingerprint density at radius 1 is 1.44 bits per heavy atom. The summed E-state index contributed by atoms with van der Waals surface area (Å²) < 4.78 is 27.7. The molecule has 0 unspecified atom stereocenters. The summed E-state index contributed by atoms with van der Waals surface area (Å²) in [5, 5.41) is 5.16. The zero-order chi connectivity index (χ0) is 13.3. The van der Waals surface area contributed by atoms with Crippen LogP contribution in [0, 0.1) is 0 Å². The van der Waals surface area contributed by atoms with Gasteiger partial charge in [-0.1, -0.05) is 23.7 Å². The van der Waals surface area contributed by atoms with Gasteiger partial charge in [-0.25, -0.2) is 18.4 Å². The lowest BCUT2D eigenvalue weighted by Gasteiger charge is -2.15. The van der Waals surface area contributed by atoms with Gasteiger partial charge in [-0.3, -0.25) is 0 Å². The van der Waals surface area contributed by atoms with Gasteiger partial charge >= 0.3 is 6.09 Å². The SMILES string of the molecule is NS(=O)(=O)c1c(Cl)cccc1CN1CCOC1=O. The Hall–Kier alpha value is -1.31. The molecule has 1 heterocycles. The third kappa shape index (κ3) is 2.58. The fourth-order valence-electron chi connectivity index (χ4n) is 1.77. The molecular formula is C10H11ClN2O4S. The van der Waals surface area contributed by atoms with Gasteiger partial charge in [0.15, 0.2) is 0 Å². The number of carbonyl (C=O) groups is 1. The van der Waals surface area contributed by atoms with Crippen molar-refractivity contribution in [1.29, 1.82) is 0 Å². The first-order valence-corrected chi connectivity index (χ1v) is 7.04. The molecule has 6 nitrogen and oxygen atoms in total. The number of nitrogens with zero attached hydrogens (tertiary/aromatic N) is 1. The number of ether oxygens (including phenoxy) is 1. The Bertz CT molecular complexity index is 588. The fraction of sp³-hybridized carbons (Fsp3) is 0.300. The molecule has 1 aliphatic heterocycles. The van der Waals surface area contributed by atoms with Crippen molar-refractivity contribution in [2.75, 3.05) is 13.2 Å². The van der Waals surface area contributed by atoms with Gasteiger partial charge in [0.25, 0.3) is 0 Å². The number of hydrogen-bond acceptors (Lipinski definition) is 4. The standard InChI is InChI=1S/C10H11ClN2O4S/c11-8-3-1-2-7(9(8)18(12,15)16)6-13-4-5-17-10(13)14/h1-3H,4-6H2,(H2,12,15,16). The molecule has 1 aromatic carbocycles. The zero-order valence-electron chi connectivity index (χ0n) is 9.30. The van der Waals surface area contributed by atoms with Crippen LogP contribution in [0.1, 0.15) is 5.56 Å². The first-order valence-electron chi connectivity index (χ1n) is 5.11. The van der Waals surface area contributed by atoms with Crippen LogP contribution in [-0.4, -0.2) is 32.6 Å². The van der Waals surface area contributed by atoms with Gasteiger partial charge in [0, 0.05) is 0 Å². The number of sulfonamides is 1. The van der Waals surface area contributed by atoms with Crippen LogP contribution in [0.25, 0.3) is 0 Å². The molecule has 2 rings (SSSR count). The van der Waals surface area contributed by atoms with Crippen LogP contribution in [0.4, 0.5) is 4.79 Å². The van der Waals surface area contributed by atoms with E-state index in [1.165, 1.54) is 11.0 Å². The molecule has 1 amide bonds. The Balaban J connectivity index is 2.39. The van der Waals surface area contributed by atoms with E-state index in [0.29, 0.717) is 18.7 Å². The number of halogens is 1. The Morgan fingerprint density at radius 3 is 2.72 bits per heavy atom. The summed E-state index contributed by atoms with van der Waals surface area (Å²) in [6.07, 6.45) is -0.477. The lowest BCUT2D eigenvalue weighted by atomic mass is 10.2. The van der Waals surface area contributed by atoms with E-state index in [4.69, 9.17) is 21.5 Å². The van der Waals surface area contributed by atoms with Crippen LogP contribution >= 0.6 is 11.6 Å². The van der Waals surface area contributed by atoms with Crippen LogP contribution in [0.3, 0.4) is 0 Å². The van der Waals surface area contributed by atoms with Crippen molar-refractivity contribution in [2.45, 2.75) is 11.4 Å². The topological polar surface area (TPSA) is 89.7 Å². The molecule has 0 saturated carbocycles. The number of nitrogens with two attached hydrogens (primary N) is 1. The van der Waals surface area contributed by atoms with Crippen LogP contribution in [0.15, 0.2) is 23.1 Å². The van der Waals surface area contributed by atoms with Gasteiger partial charge in [0.05, 0.1) is 18.1 Å². The average molecular weight is 291 g/mol. The Morgan fingerprint density at radius 2 is 2.17 bits per heavy atom. The first kappa shape index (κ1) is 13.1. The van der Waals surface area contributed by atoms with Gasteiger partial charge in [0.2, 0.25) is 10.0 Å². The molecule has 8 heteroatoms. The van der Waals surface area contributed by atoms with Gasteiger partial charge in [-0.2, -0.15) is 0 Å². The van der Waals surface area contributed by atoms with E-state index >= 15 is 0 Å². The number of rotatable bonds is 3. The average Bonchev–Trinajstić information content (AvgIpc) is 2.62. The third-order valence-electron chi connectivity index (χ3n) is 2.54. The van der Waals surface area contributed by atoms with Crippen LogP contribution in [0.5, 0.6) is 0 Å². The van der Waals surface area contributed by atoms with Gasteiger partial charge < -0.3 is 9.64 Å². The maximum absolute atomic E-state index is 11.5. The van der Waals surface area contributed by atoms with Gasteiger partial charge in [-0.05, 0) is 11.6 Å². The van der Waals surface area contributed by atoms with Crippen molar-refractivity contribution in [3.05, 3.63) is 28.8 Å². The molecule has 18 heavy (non-hydrogen) atoms. The number of primary sulfonamides is 1. The predicted molar refractivity (Wildman–Crippen MR) is 64.6 cm³/mol. The third-order valence-corrected chi connectivity index (χ3v) is 4.02. The molecule has 0 bridgehead atoms. The summed E-state index contributed by atoms with van der Waals surface area (Å²) in [5.74, 6) is 0. The maximum atomic E-state index is 11.5. The van der Waals surface area contributed by atoms with E-state index in [2.05, 4.69) is 0 Å². The molecule has 1 fully saturated rings. The molecule has 1 saturated heterocycles. The highest BCUT2D eigenvalue weighted by molar-refractivity contribution is 7.89. The van der Waals surface area contributed by atoms with E-state index in [9.17, 15) is 13.2 Å². The van der Waals surface area contributed by atoms with Crippen molar-refractivity contribution in [3.63, 3.8) is 0 Å². The van der Waals surface area contributed by atoms with Gasteiger partial charge in [0.1, 0.15) is 11.5 Å². The Labute approximate surface area is 109 Å². The predicted octanol–water partition coefficient (Wildman–Crippen LogP) is 0.940. The smallest absolute Gasteiger partial charge is 0.410 e. The normalized spacial score (nSPS) is 15.9. The number of amides is 1. The van der Waals surface area contributed by atoms with Gasteiger partial charge in [-0.15, -0.1) is 0 Å². The summed E-state index contributed by atoms with van der Waals surface area (Å²) in [6, 6.07) is 4.61. The molecule has 0 aliphatic carbocycles. The molecule has 1 aliphatic rings. The number of hydrogen-bond donors (Lipinski definition) is 1. The zero-order valence-corrected chi connectivity index (χ0v) is 10.9. The summed E-state index contributed by atoms with van der Waals surface area (Å²) in [5.41, 5.74) is 0.379. The minimum Gasteiger partial charge on any atom is -0.448 e. The van der Waals surface area contributed by atoms with Crippen molar-refractivity contribution in [2.24, 2.45) is 5.14 Å². The van der Waals surface area contributed by atoms with Crippen LogP contribution < -0.4 is 5.14 Å². The largest absolute Gasteiger partial charge is 0.448 e. The van der Waals surface area contributed by atoms with Crippen LogP contribution in [-0.2, 0) is 21.3 Å². The summed E-state index contributed by atoms with van der Waals surface area (Å²) in [7, 11) is -3.93. The quantitative estimate of drug-likeness (QED) is 0.897. The number of carbonyl (C=O) groups excluding carboxylic acids is 1. The van der Waals surface area contributed by atoms with Crippen molar-refractivity contribution in [1.82, 2.24) is 4.90 Å². The van der Waals surface area contributed by atoms with Crippen molar-refractivity contribution < 1.29 is 17.9 Å². The second-order valence-electron chi connectivity index (χ2n) is 3.81. The molecule has 2 N–H and O–H groups in total. The highest BCUT2D eigenvalue weighted by atomic mass is 35.5. The lowest BCUT2D eigenvalue weighted by Crippen LogP contribution is -2.25. The fourth-order valence-corrected chi connectivity index (χ4v) is 3.13. The lowest BCUT2D eigenvalue weighted by molar-refractivity contribution is 0.157. The second-order valence-corrected chi connectivity index (χ2v) is 5.71. The summed E-state index contributed by atoms with van der Waals surface area (Å²) in [6.45, 7) is 0.810. The second kappa shape index (κ2) is 4.75. The molecular weight excluding hydrogens is 280 g/mol. The molecule has 0 aromatic heterocycles. The summed E-state index contributed by atoms with van der Waals surface area (Å²) in [4.78, 5) is 12.6. The molecule has 0 radical (unpaired) electrons. The number of cyclic esters (lactones) is 1. The highest BCUT2D eigenvalue weighted by Gasteiger charge is 2.25. The monoisotopic (exact) mass is 290 g/mol. The van der Waals surface area contributed by atoms with Crippen molar-refractivity contribution in [3.8, 4) is 0 Å². The van der Waals surface area contributed by atoms with Crippen LogP contribution in [0.2, 0.25) is 5.02 Å². The van der Waals surface area contributed by atoms with E-state index in [1.807, 2.05) is 0 Å². The molecule has 1 aromatic rings. The van der Waals surface area contributed by atoms with E-state index in [-0.39, 0.29) is 16.5 Å². The summed E-state index contributed by atoms with van der Waals surface area (Å²) >= 11 is 5.84. The minimum absolute atomic E-state index is 0.0440. The van der Waals surface area contributed by atoms with Crippen molar-refractivity contribution >= 4 is 27.7 Å². The minimum atomic E-state index is -3.93. The first-order chi connectivity index (χ1) is 8.39. The van der Waals surface area contributed by atoms with E-state index < -0.39 is 16.1 Å². The van der Waals surface area contributed by atoms with E-state index in [0.717, 1.165) is 0 Å². The molecule has 0 spiro atoms. The molecule has 98 valence electrons. The molecule has 0 atom stereocenters. The number of benzene rings is 1. The highest BCUT2D eigenvalue weighted by Crippen LogP contribution is 2.25. The Kier molecular flexibility index (Phi) is 3.47. The maximum Gasteiger partial charge on any atom is 0.410 e.